The molecule has 5 nitrogen and oxygen atoms in total. The maximum absolute atomic E-state index is 10.4. The summed E-state index contributed by atoms with van der Waals surface area (Å²) in [6.07, 6.45) is 2.61. The van der Waals surface area contributed by atoms with Crippen molar-refractivity contribution < 1.29 is 9.90 Å². The molecular weight excluding hydrogens is 202 g/mol. The highest BCUT2D eigenvalue weighted by molar-refractivity contribution is 7.99. The Morgan fingerprint density at radius 3 is 3.07 bits per heavy atom. The Morgan fingerprint density at radius 2 is 2.50 bits per heavy atom. The number of nitrogens with zero attached hydrogens (tertiary/aromatic N) is 3. The van der Waals surface area contributed by atoms with Crippen LogP contribution in [-0.2, 0) is 4.79 Å². The molecule has 0 radical (unpaired) electrons. The van der Waals surface area contributed by atoms with Crippen LogP contribution in [0.2, 0.25) is 0 Å². The van der Waals surface area contributed by atoms with Crippen LogP contribution < -0.4 is 0 Å². The molecule has 1 aromatic rings. The zero-order chi connectivity index (χ0) is 10.6. The molecule has 78 valence electrons. The summed E-state index contributed by atoms with van der Waals surface area (Å²) in [5, 5.41) is 16.8. The van der Waals surface area contributed by atoms with E-state index in [0.29, 0.717) is 11.2 Å². The molecule has 0 bridgehead atoms. The van der Waals surface area contributed by atoms with Crippen LogP contribution in [0.4, 0.5) is 0 Å². The van der Waals surface area contributed by atoms with Gasteiger partial charge in [0.15, 0.2) is 5.16 Å². The van der Waals surface area contributed by atoms with Crippen molar-refractivity contribution >= 4 is 17.7 Å². The lowest BCUT2D eigenvalue weighted by Gasteiger charge is -2.11. The Labute approximate surface area is 86.5 Å². The normalized spacial score (nSPS) is 12.7. The lowest BCUT2D eigenvalue weighted by Crippen LogP contribution is -2.06. The highest BCUT2D eigenvalue weighted by atomic mass is 32.2. The molecule has 1 atom stereocenters. The van der Waals surface area contributed by atoms with Gasteiger partial charge in [-0.1, -0.05) is 18.7 Å². The third-order valence-corrected chi connectivity index (χ3v) is 2.87. The fraction of sp³-hybridized carbons (Fsp3) is 0.625. The molecular formula is C8H13N3O2S. The van der Waals surface area contributed by atoms with E-state index in [2.05, 4.69) is 17.1 Å². The zero-order valence-electron chi connectivity index (χ0n) is 8.17. The van der Waals surface area contributed by atoms with Crippen LogP contribution in [0.25, 0.3) is 0 Å². The van der Waals surface area contributed by atoms with E-state index in [4.69, 9.17) is 5.11 Å². The number of carbonyl (C=O) groups is 1. The molecule has 6 heteroatoms. The van der Waals surface area contributed by atoms with Crippen molar-refractivity contribution in [1.82, 2.24) is 14.8 Å². The molecule has 1 unspecified atom stereocenters. The van der Waals surface area contributed by atoms with Crippen LogP contribution in [0, 0.1) is 0 Å². The molecule has 0 aliphatic heterocycles. The molecule has 0 fully saturated rings. The average molecular weight is 215 g/mol. The first-order valence-electron chi connectivity index (χ1n) is 4.39. The van der Waals surface area contributed by atoms with Gasteiger partial charge >= 0.3 is 5.97 Å². The Morgan fingerprint density at radius 1 is 1.79 bits per heavy atom. The van der Waals surface area contributed by atoms with Gasteiger partial charge in [-0.25, -0.2) is 0 Å². The van der Waals surface area contributed by atoms with E-state index in [-0.39, 0.29) is 5.75 Å². The number of aromatic nitrogens is 3. The number of hydrogen-bond acceptors (Lipinski definition) is 4. The summed E-state index contributed by atoms with van der Waals surface area (Å²) in [5.41, 5.74) is 0. The second kappa shape index (κ2) is 4.99. The molecule has 0 amide bonds. The average Bonchev–Trinajstić information content (AvgIpc) is 2.61. The minimum absolute atomic E-state index is 0.0229. The van der Waals surface area contributed by atoms with E-state index in [1.54, 1.807) is 6.33 Å². The summed E-state index contributed by atoms with van der Waals surface area (Å²) >= 11 is 1.20. The van der Waals surface area contributed by atoms with Gasteiger partial charge in [-0.15, -0.1) is 10.2 Å². The Kier molecular flexibility index (Phi) is 3.94. The third-order valence-electron chi connectivity index (χ3n) is 1.93. The van der Waals surface area contributed by atoms with Crippen molar-refractivity contribution in [2.45, 2.75) is 31.5 Å². The number of carboxylic acids is 1. The maximum atomic E-state index is 10.4. The Balaban J connectivity index is 2.67. The van der Waals surface area contributed by atoms with Crippen LogP contribution in [0.1, 0.15) is 26.3 Å². The summed E-state index contributed by atoms with van der Waals surface area (Å²) in [7, 11) is 0. The van der Waals surface area contributed by atoms with Crippen molar-refractivity contribution in [3.63, 3.8) is 0 Å². The van der Waals surface area contributed by atoms with Gasteiger partial charge in [0.25, 0.3) is 0 Å². The van der Waals surface area contributed by atoms with Crippen LogP contribution in [0.15, 0.2) is 11.5 Å². The van der Waals surface area contributed by atoms with Gasteiger partial charge in [-0.2, -0.15) is 0 Å². The monoisotopic (exact) mass is 215 g/mol. The minimum Gasteiger partial charge on any atom is -0.481 e. The van der Waals surface area contributed by atoms with Gasteiger partial charge in [0, 0.05) is 6.04 Å². The summed E-state index contributed by atoms with van der Waals surface area (Å²) in [5.74, 6) is -0.816. The van der Waals surface area contributed by atoms with Crippen LogP contribution in [0.3, 0.4) is 0 Å². The molecule has 1 rings (SSSR count). The SMILES string of the molecule is CCC(C)n1cnnc1SCC(=O)O. The molecule has 0 aromatic carbocycles. The first kappa shape index (κ1) is 11.0. The first-order chi connectivity index (χ1) is 6.65. The lowest BCUT2D eigenvalue weighted by molar-refractivity contribution is -0.133. The second-order valence-electron chi connectivity index (χ2n) is 2.96. The highest BCUT2D eigenvalue weighted by Crippen LogP contribution is 2.20. The number of hydrogen-bond donors (Lipinski definition) is 1. The molecule has 0 spiro atoms. The fourth-order valence-electron chi connectivity index (χ4n) is 0.961. The smallest absolute Gasteiger partial charge is 0.313 e. The Hall–Kier alpha value is -1.04. The predicted molar refractivity (Wildman–Crippen MR) is 53.4 cm³/mol. The maximum Gasteiger partial charge on any atom is 0.313 e. The van der Waals surface area contributed by atoms with E-state index >= 15 is 0 Å². The standard InChI is InChI=1S/C8H13N3O2S/c1-3-6(2)11-5-9-10-8(11)14-4-7(12)13/h5-6H,3-4H2,1-2H3,(H,12,13). The molecule has 0 aliphatic carbocycles. The molecule has 0 saturated heterocycles. The van der Waals surface area contributed by atoms with Crippen molar-refractivity contribution in [3.05, 3.63) is 6.33 Å². The molecule has 1 N–H and O–H groups in total. The van der Waals surface area contributed by atoms with E-state index in [0.717, 1.165) is 6.42 Å². The van der Waals surface area contributed by atoms with E-state index < -0.39 is 5.97 Å². The number of aliphatic carboxylic acids is 1. The van der Waals surface area contributed by atoms with Crippen molar-refractivity contribution in [1.29, 1.82) is 0 Å². The van der Waals surface area contributed by atoms with Gasteiger partial charge in [0.1, 0.15) is 6.33 Å². The molecule has 0 saturated carbocycles. The second-order valence-corrected chi connectivity index (χ2v) is 3.90. The summed E-state index contributed by atoms with van der Waals surface area (Å²) in [4.78, 5) is 10.4. The minimum atomic E-state index is -0.839. The third kappa shape index (κ3) is 2.73. The predicted octanol–water partition coefficient (Wildman–Crippen LogP) is 1.43. The highest BCUT2D eigenvalue weighted by Gasteiger charge is 2.11. The molecule has 1 heterocycles. The summed E-state index contributed by atoms with van der Waals surface area (Å²) in [6, 6.07) is 0.307. The summed E-state index contributed by atoms with van der Waals surface area (Å²) in [6.45, 7) is 4.12. The number of thioether (sulfide) groups is 1. The quantitative estimate of drug-likeness (QED) is 0.752. The summed E-state index contributed by atoms with van der Waals surface area (Å²) < 4.78 is 1.90. The van der Waals surface area contributed by atoms with E-state index in [1.165, 1.54) is 11.8 Å². The van der Waals surface area contributed by atoms with Crippen molar-refractivity contribution in [2.75, 3.05) is 5.75 Å². The van der Waals surface area contributed by atoms with Crippen LogP contribution >= 0.6 is 11.8 Å². The van der Waals surface area contributed by atoms with Gasteiger partial charge in [0.05, 0.1) is 5.75 Å². The van der Waals surface area contributed by atoms with Gasteiger partial charge in [-0.3, -0.25) is 4.79 Å². The fourth-order valence-corrected chi connectivity index (χ4v) is 1.69. The van der Waals surface area contributed by atoms with E-state index in [1.807, 2.05) is 11.5 Å². The van der Waals surface area contributed by atoms with Crippen LogP contribution in [-0.4, -0.2) is 31.6 Å². The van der Waals surface area contributed by atoms with Crippen LogP contribution in [0.5, 0.6) is 0 Å². The largest absolute Gasteiger partial charge is 0.481 e. The van der Waals surface area contributed by atoms with Gasteiger partial charge in [0.2, 0.25) is 0 Å². The van der Waals surface area contributed by atoms with Crippen molar-refractivity contribution in [3.8, 4) is 0 Å². The van der Waals surface area contributed by atoms with Gasteiger partial charge < -0.3 is 9.67 Å². The molecule has 0 aliphatic rings. The number of carboxylic acid groups (broad SMARTS) is 1. The zero-order valence-corrected chi connectivity index (χ0v) is 8.99. The van der Waals surface area contributed by atoms with E-state index in [9.17, 15) is 4.79 Å². The topological polar surface area (TPSA) is 68.0 Å². The van der Waals surface area contributed by atoms with Crippen molar-refractivity contribution in [2.24, 2.45) is 0 Å². The lowest BCUT2D eigenvalue weighted by atomic mass is 10.3. The first-order valence-corrected chi connectivity index (χ1v) is 5.37. The molecule has 1 aromatic heterocycles. The molecule has 14 heavy (non-hydrogen) atoms. The van der Waals surface area contributed by atoms with Gasteiger partial charge in [-0.05, 0) is 13.3 Å². The Bertz CT molecular complexity index is 313. The number of rotatable bonds is 5.